The van der Waals surface area contributed by atoms with Crippen LogP contribution in [0.15, 0.2) is 60.7 Å². The highest BCUT2D eigenvalue weighted by molar-refractivity contribution is 6.21. The summed E-state index contributed by atoms with van der Waals surface area (Å²) in [5.41, 5.74) is 3.66. The zero-order valence-electron chi connectivity index (χ0n) is 9.81. The third-order valence-electron chi connectivity index (χ3n) is 2.57. The number of allylic oxidation sites excluding steroid dienone is 1. The molecule has 2 aromatic carbocycles. The van der Waals surface area contributed by atoms with Crippen LogP contribution < -0.4 is 0 Å². The van der Waals surface area contributed by atoms with Gasteiger partial charge in [0.25, 0.3) is 0 Å². The van der Waals surface area contributed by atoms with Crippen LogP contribution >= 0.6 is 11.6 Å². The monoisotopic (exact) mass is 242 g/mol. The van der Waals surface area contributed by atoms with Gasteiger partial charge in [0, 0.05) is 5.38 Å². The first-order chi connectivity index (χ1) is 8.25. The van der Waals surface area contributed by atoms with Crippen LogP contribution in [0.5, 0.6) is 0 Å². The zero-order valence-corrected chi connectivity index (χ0v) is 10.6. The Hall–Kier alpha value is -1.53. The molecule has 0 radical (unpaired) electrons. The maximum Gasteiger partial charge on any atom is 0.0491 e. The second kappa shape index (κ2) is 5.70. The van der Waals surface area contributed by atoms with E-state index in [0.717, 1.165) is 0 Å². The van der Waals surface area contributed by atoms with Gasteiger partial charge < -0.3 is 0 Å². The average molecular weight is 243 g/mol. The van der Waals surface area contributed by atoms with Gasteiger partial charge in [0.05, 0.1) is 0 Å². The highest BCUT2D eigenvalue weighted by atomic mass is 35.5. The van der Waals surface area contributed by atoms with Gasteiger partial charge in [-0.1, -0.05) is 66.7 Å². The van der Waals surface area contributed by atoms with E-state index in [0.29, 0.717) is 0 Å². The molecule has 0 bridgehead atoms. The van der Waals surface area contributed by atoms with E-state index in [4.69, 9.17) is 11.6 Å². The maximum absolute atomic E-state index is 5.87. The molecule has 0 N–H and O–H groups in total. The van der Waals surface area contributed by atoms with Crippen LogP contribution in [0, 0.1) is 0 Å². The molecular weight excluding hydrogens is 228 g/mol. The summed E-state index contributed by atoms with van der Waals surface area (Å²) in [5, 5.41) is 0.0730. The molecule has 0 saturated carbocycles. The molecule has 2 aromatic rings. The Labute approximate surface area is 108 Å². The number of benzene rings is 2. The Kier molecular flexibility index (Phi) is 4.00. The van der Waals surface area contributed by atoms with Crippen molar-refractivity contribution in [2.75, 3.05) is 0 Å². The Bertz CT molecular complexity index is 481. The van der Waals surface area contributed by atoms with Gasteiger partial charge in [-0.2, -0.15) is 0 Å². The van der Waals surface area contributed by atoms with Crippen LogP contribution in [0.3, 0.4) is 0 Å². The fourth-order valence-electron chi connectivity index (χ4n) is 1.66. The smallest absolute Gasteiger partial charge is 0.0491 e. The standard InChI is InChI=1S/C16H15Cl/c1-13(17)7-8-14-9-11-16(12-10-14)15-5-3-2-4-6-15/h2-13H,1H3/b8-7+. The lowest BCUT2D eigenvalue weighted by molar-refractivity contribution is 1.24. The molecule has 0 nitrogen and oxygen atoms in total. The quantitative estimate of drug-likeness (QED) is 0.665. The molecule has 0 aliphatic rings. The third-order valence-corrected chi connectivity index (χ3v) is 2.72. The molecule has 2 rings (SSSR count). The highest BCUT2D eigenvalue weighted by Crippen LogP contribution is 2.19. The summed E-state index contributed by atoms with van der Waals surface area (Å²) < 4.78 is 0. The summed E-state index contributed by atoms with van der Waals surface area (Å²) >= 11 is 5.87. The summed E-state index contributed by atoms with van der Waals surface area (Å²) in [5.74, 6) is 0. The van der Waals surface area contributed by atoms with Crippen LogP contribution in [0.4, 0.5) is 0 Å². The van der Waals surface area contributed by atoms with Crippen LogP contribution in [-0.2, 0) is 0 Å². The van der Waals surface area contributed by atoms with Crippen molar-refractivity contribution in [1.29, 1.82) is 0 Å². The normalized spacial score (nSPS) is 12.8. The molecule has 0 fully saturated rings. The number of rotatable bonds is 3. The van der Waals surface area contributed by atoms with E-state index in [9.17, 15) is 0 Å². The van der Waals surface area contributed by atoms with Gasteiger partial charge in [0.2, 0.25) is 0 Å². The van der Waals surface area contributed by atoms with Crippen molar-refractivity contribution in [2.45, 2.75) is 12.3 Å². The fraction of sp³-hybridized carbons (Fsp3) is 0.125. The lowest BCUT2D eigenvalue weighted by Crippen LogP contribution is -1.81. The molecule has 86 valence electrons. The van der Waals surface area contributed by atoms with Gasteiger partial charge in [0.1, 0.15) is 0 Å². The lowest BCUT2D eigenvalue weighted by atomic mass is 10.0. The van der Waals surface area contributed by atoms with Gasteiger partial charge in [-0.25, -0.2) is 0 Å². The molecule has 0 aromatic heterocycles. The van der Waals surface area contributed by atoms with Gasteiger partial charge in [-0.05, 0) is 23.6 Å². The van der Waals surface area contributed by atoms with E-state index < -0.39 is 0 Å². The minimum atomic E-state index is 0.0730. The molecule has 17 heavy (non-hydrogen) atoms. The van der Waals surface area contributed by atoms with E-state index in [2.05, 4.69) is 48.5 Å². The second-order valence-electron chi connectivity index (χ2n) is 4.02. The van der Waals surface area contributed by atoms with Gasteiger partial charge >= 0.3 is 0 Å². The van der Waals surface area contributed by atoms with Crippen LogP contribution in [-0.4, -0.2) is 5.38 Å². The first kappa shape index (κ1) is 11.9. The fourth-order valence-corrected chi connectivity index (χ4v) is 1.73. The number of halogens is 1. The molecule has 0 heterocycles. The van der Waals surface area contributed by atoms with Crippen molar-refractivity contribution in [1.82, 2.24) is 0 Å². The predicted octanol–water partition coefficient (Wildman–Crippen LogP) is 4.99. The van der Waals surface area contributed by atoms with Crippen molar-refractivity contribution in [3.63, 3.8) is 0 Å². The molecule has 0 amide bonds. The Morgan fingerprint density at radius 3 is 2.06 bits per heavy atom. The van der Waals surface area contributed by atoms with Gasteiger partial charge in [-0.15, -0.1) is 11.6 Å². The first-order valence-corrected chi connectivity index (χ1v) is 6.17. The molecule has 0 aliphatic heterocycles. The van der Waals surface area contributed by atoms with E-state index >= 15 is 0 Å². The minimum absolute atomic E-state index is 0.0730. The summed E-state index contributed by atoms with van der Waals surface area (Å²) in [6.45, 7) is 1.95. The zero-order chi connectivity index (χ0) is 12.1. The molecule has 0 saturated heterocycles. The summed E-state index contributed by atoms with van der Waals surface area (Å²) in [7, 11) is 0. The number of alkyl halides is 1. The van der Waals surface area contributed by atoms with Crippen molar-refractivity contribution in [2.24, 2.45) is 0 Å². The van der Waals surface area contributed by atoms with Crippen molar-refractivity contribution < 1.29 is 0 Å². The van der Waals surface area contributed by atoms with Crippen LogP contribution in [0.25, 0.3) is 17.2 Å². The molecular formula is C16H15Cl. The topological polar surface area (TPSA) is 0 Å². The maximum atomic E-state index is 5.87. The second-order valence-corrected chi connectivity index (χ2v) is 4.71. The third kappa shape index (κ3) is 3.47. The van der Waals surface area contributed by atoms with Crippen molar-refractivity contribution >= 4 is 17.7 Å². The predicted molar refractivity (Wildman–Crippen MR) is 76.2 cm³/mol. The highest BCUT2D eigenvalue weighted by Gasteiger charge is 1.95. The van der Waals surface area contributed by atoms with Crippen LogP contribution in [0.1, 0.15) is 12.5 Å². The Balaban J connectivity index is 2.19. The minimum Gasteiger partial charge on any atom is -0.119 e. The molecule has 0 aliphatic carbocycles. The first-order valence-electron chi connectivity index (χ1n) is 5.73. The van der Waals surface area contributed by atoms with E-state index in [-0.39, 0.29) is 5.38 Å². The summed E-state index contributed by atoms with van der Waals surface area (Å²) in [6, 6.07) is 18.9. The summed E-state index contributed by atoms with van der Waals surface area (Å²) in [6.07, 6.45) is 4.03. The van der Waals surface area contributed by atoms with E-state index in [1.807, 2.05) is 25.1 Å². The summed E-state index contributed by atoms with van der Waals surface area (Å²) in [4.78, 5) is 0. The van der Waals surface area contributed by atoms with Crippen molar-refractivity contribution in [3.8, 4) is 11.1 Å². The van der Waals surface area contributed by atoms with E-state index in [1.165, 1.54) is 16.7 Å². The van der Waals surface area contributed by atoms with Crippen LogP contribution in [0.2, 0.25) is 0 Å². The average Bonchev–Trinajstić information content (AvgIpc) is 2.38. The molecule has 1 heteroatoms. The SMILES string of the molecule is CC(Cl)/C=C/c1ccc(-c2ccccc2)cc1. The Morgan fingerprint density at radius 2 is 1.47 bits per heavy atom. The largest absolute Gasteiger partial charge is 0.119 e. The molecule has 1 atom stereocenters. The molecule has 1 unspecified atom stereocenters. The number of hydrogen-bond donors (Lipinski definition) is 0. The van der Waals surface area contributed by atoms with Gasteiger partial charge in [0.15, 0.2) is 0 Å². The molecule has 0 spiro atoms. The van der Waals surface area contributed by atoms with E-state index in [1.54, 1.807) is 0 Å². The lowest BCUT2D eigenvalue weighted by Gasteiger charge is -2.02. The Morgan fingerprint density at radius 1 is 0.882 bits per heavy atom. The number of hydrogen-bond acceptors (Lipinski definition) is 0. The van der Waals surface area contributed by atoms with Gasteiger partial charge in [-0.3, -0.25) is 0 Å². The van der Waals surface area contributed by atoms with Crippen molar-refractivity contribution in [3.05, 3.63) is 66.2 Å².